The fourth-order valence-corrected chi connectivity index (χ4v) is 6.51. The zero-order valence-corrected chi connectivity index (χ0v) is 21.4. The van der Waals surface area contributed by atoms with Crippen LogP contribution in [0.15, 0.2) is 36.1 Å². The molecule has 0 aliphatic carbocycles. The molecule has 2 aliphatic heterocycles. The molecule has 11 heteroatoms. The van der Waals surface area contributed by atoms with Gasteiger partial charge in [-0.1, -0.05) is 6.07 Å². The van der Waals surface area contributed by atoms with E-state index in [2.05, 4.69) is 15.1 Å². The number of carbonyl (C=O) groups excluding carboxylic acids is 2. The second-order valence-electron chi connectivity index (χ2n) is 9.85. The fourth-order valence-electron chi connectivity index (χ4n) is 5.90. The summed E-state index contributed by atoms with van der Waals surface area (Å²) in [5, 5.41) is 17.1. The summed E-state index contributed by atoms with van der Waals surface area (Å²) >= 11 is 1.53. The largest absolute Gasteiger partial charge is 0.384 e. The van der Waals surface area contributed by atoms with Gasteiger partial charge in [-0.3, -0.25) is 14.6 Å². The summed E-state index contributed by atoms with van der Waals surface area (Å²) in [5.74, 6) is -0.161. The molecule has 4 atom stereocenters. The summed E-state index contributed by atoms with van der Waals surface area (Å²) in [4.78, 5) is 41.1. The second-order valence-corrected chi connectivity index (χ2v) is 10.7. The Morgan fingerprint density at radius 3 is 2.51 bits per heavy atom. The number of anilines is 1. The van der Waals surface area contributed by atoms with E-state index in [0.29, 0.717) is 29.7 Å². The second kappa shape index (κ2) is 9.00. The Balaban J connectivity index is 1.41. The minimum atomic E-state index is -1.03. The zero-order chi connectivity index (χ0) is 25.8. The van der Waals surface area contributed by atoms with Gasteiger partial charge in [-0.2, -0.15) is 9.61 Å². The molecule has 37 heavy (non-hydrogen) atoms. The molecule has 0 spiro atoms. The fraction of sp³-hybridized carbons (Fsp3) is 0.385. The molecule has 1 unspecified atom stereocenters. The monoisotopic (exact) mass is 517 g/mol. The van der Waals surface area contributed by atoms with Crippen molar-refractivity contribution in [1.82, 2.24) is 29.5 Å². The number of aromatic nitrogens is 5. The predicted molar refractivity (Wildman–Crippen MR) is 139 cm³/mol. The number of pyridine rings is 1. The number of piperidine rings is 1. The van der Waals surface area contributed by atoms with E-state index in [1.165, 1.54) is 29.7 Å². The molecule has 4 aromatic heterocycles. The number of hydrogen-bond acceptors (Lipinski definition) is 9. The Morgan fingerprint density at radius 2 is 1.92 bits per heavy atom. The van der Waals surface area contributed by atoms with E-state index in [-0.39, 0.29) is 35.5 Å². The molecule has 6 heterocycles. The molecule has 6 rings (SSSR count). The predicted octanol–water partition coefficient (Wildman–Crippen LogP) is 3.32. The van der Waals surface area contributed by atoms with Crippen LogP contribution < -0.4 is 5.73 Å². The molecule has 0 aromatic carbocycles. The summed E-state index contributed by atoms with van der Waals surface area (Å²) < 4.78 is 1.52. The van der Waals surface area contributed by atoms with Crippen molar-refractivity contribution in [2.75, 3.05) is 5.73 Å². The molecule has 2 saturated heterocycles. The number of hydrogen-bond donors (Lipinski definition) is 2. The van der Waals surface area contributed by atoms with Crippen LogP contribution in [0.3, 0.4) is 0 Å². The molecule has 4 aromatic rings. The van der Waals surface area contributed by atoms with Gasteiger partial charge in [-0.25, -0.2) is 9.97 Å². The highest BCUT2D eigenvalue weighted by atomic mass is 32.1. The Labute approximate surface area is 217 Å². The maximum atomic E-state index is 12.8. The van der Waals surface area contributed by atoms with Crippen LogP contribution in [0.4, 0.5) is 5.82 Å². The highest BCUT2D eigenvalue weighted by Crippen LogP contribution is 2.44. The van der Waals surface area contributed by atoms with Gasteiger partial charge < -0.3 is 15.7 Å². The molecule has 190 valence electrons. The van der Waals surface area contributed by atoms with E-state index in [1.807, 2.05) is 22.4 Å². The lowest BCUT2D eigenvalue weighted by molar-refractivity contribution is -0.144. The first-order chi connectivity index (χ1) is 17.8. The van der Waals surface area contributed by atoms with Crippen LogP contribution in [0.2, 0.25) is 0 Å². The molecular weight excluding hydrogens is 490 g/mol. The van der Waals surface area contributed by atoms with Gasteiger partial charge in [0.15, 0.2) is 11.4 Å². The Bertz CT molecular complexity index is 1480. The van der Waals surface area contributed by atoms with Crippen LogP contribution in [-0.2, 0) is 4.79 Å². The zero-order valence-electron chi connectivity index (χ0n) is 20.5. The highest BCUT2D eigenvalue weighted by molar-refractivity contribution is 7.13. The van der Waals surface area contributed by atoms with E-state index < -0.39 is 6.10 Å². The number of thiazole rings is 1. The molecule has 3 N–H and O–H groups in total. The van der Waals surface area contributed by atoms with Crippen LogP contribution in [0, 0.1) is 0 Å². The third kappa shape index (κ3) is 3.89. The van der Waals surface area contributed by atoms with Gasteiger partial charge in [-0.05, 0) is 45.6 Å². The van der Waals surface area contributed by atoms with E-state index in [1.54, 1.807) is 18.6 Å². The highest BCUT2D eigenvalue weighted by Gasteiger charge is 2.45. The van der Waals surface area contributed by atoms with Crippen molar-refractivity contribution in [1.29, 1.82) is 0 Å². The topological polar surface area (TPSA) is 140 Å². The first kappa shape index (κ1) is 23.7. The number of nitrogens with zero attached hydrogens (tertiary/aromatic N) is 6. The first-order valence-corrected chi connectivity index (χ1v) is 13.3. The summed E-state index contributed by atoms with van der Waals surface area (Å²) in [7, 11) is 0. The van der Waals surface area contributed by atoms with Gasteiger partial charge in [0, 0.05) is 46.9 Å². The van der Waals surface area contributed by atoms with E-state index >= 15 is 0 Å². The summed E-state index contributed by atoms with van der Waals surface area (Å²) in [6, 6.07) is 3.89. The average molecular weight is 518 g/mol. The van der Waals surface area contributed by atoms with Crippen molar-refractivity contribution in [2.24, 2.45) is 0 Å². The maximum Gasteiger partial charge on any atom is 0.251 e. The SMILES string of the molecule is CC(=O)c1c(C2C[C@H]3CC[C@@H](C2)N3C(=O)[C@@H](C)O)nc2c(-c3ccc(-c4nccs4)nc3)cnn2c1N. The smallest absolute Gasteiger partial charge is 0.251 e. The normalized spacial score (nSPS) is 21.9. The van der Waals surface area contributed by atoms with Gasteiger partial charge in [0.2, 0.25) is 0 Å². The lowest BCUT2D eigenvalue weighted by Gasteiger charge is -2.39. The van der Waals surface area contributed by atoms with E-state index in [4.69, 9.17) is 10.7 Å². The van der Waals surface area contributed by atoms with Gasteiger partial charge in [0.1, 0.15) is 16.9 Å². The number of Topliss-reactive ketones (excluding diaryl/α,β-unsaturated/α-hetero) is 1. The lowest BCUT2D eigenvalue weighted by Crippen LogP contribution is -2.49. The van der Waals surface area contributed by atoms with Gasteiger partial charge >= 0.3 is 0 Å². The number of aliphatic hydroxyl groups is 1. The van der Waals surface area contributed by atoms with E-state index in [0.717, 1.165) is 34.7 Å². The Morgan fingerprint density at radius 1 is 1.16 bits per heavy atom. The third-order valence-corrected chi connectivity index (χ3v) is 8.32. The minimum absolute atomic E-state index is 0.0110. The molecule has 2 aliphatic rings. The molecule has 10 nitrogen and oxygen atoms in total. The number of rotatable bonds is 5. The third-order valence-electron chi connectivity index (χ3n) is 7.52. The van der Waals surface area contributed by atoms with Crippen molar-refractivity contribution in [3.63, 3.8) is 0 Å². The van der Waals surface area contributed by atoms with Crippen LogP contribution in [0.5, 0.6) is 0 Å². The molecule has 1 amide bonds. The van der Waals surface area contributed by atoms with Crippen molar-refractivity contribution < 1.29 is 14.7 Å². The van der Waals surface area contributed by atoms with E-state index in [9.17, 15) is 14.7 Å². The average Bonchev–Trinajstić information content (AvgIpc) is 3.62. The number of ketones is 1. The number of amides is 1. The number of nitrogens with two attached hydrogens (primary N) is 1. The molecule has 0 radical (unpaired) electrons. The molecule has 2 fully saturated rings. The van der Waals surface area contributed by atoms with Crippen molar-refractivity contribution in [2.45, 2.75) is 63.6 Å². The standard InChI is InChI=1S/C26H27N7O3S/c1-13(34)21-22(16-9-17-4-5-18(10-16)32(17)26(36)14(2)35)31-24-19(12-30-33(24)23(21)27)15-3-6-20(29-11-15)25-28-7-8-37-25/h3,6-8,11-12,14,16-18,35H,4-5,9-10,27H2,1-2H3/t14-,16?,17-,18+/m1/s1. The first-order valence-electron chi connectivity index (χ1n) is 12.4. The van der Waals surface area contributed by atoms with Gasteiger partial charge in [0.25, 0.3) is 5.91 Å². The van der Waals surface area contributed by atoms with Crippen LogP contribution in [-0.4, -0.2) is 64.5 Å². The Kier molecular flexibility index (Phi) is 5.76. The summed E-state index contributed by atoms with van der Waals surface area (Å²) in [6.45, 7) is 3.01. The molecular formula is C26H27N7O3S. The number of nitrogen functional groups attached to an aromatic ring is 1. The quantitative estimate of drug-likeness (QED) is 0.384. The van der Waals surface area contributed by atoms with Crippen molar-refractivity contribution in [3.8, 4) is 21.8 Å². The van der Waals surface area contributed by atoms with Crippen molar-refractivity contribution >= 4 is 34.5 Å². The number of fused-ring (bicyclic) bond motifs is 3. The van der Waals surface area contributed by atoms with Gasteiger partial charge in [-0.15, -0.1) is 11.3 Å². The van der Waals surface area contributed by atoms with Gasteiger partial charge in [0.05, 0.1) is 23.1 Å². The number of carbonyl (C=O) groups is 2. The number of aliphatic hydroxyl groups excluding tert-OH is 1. The summed E-state index contributed by atoms with van der Waals surface area (Å²) in [6.07, 6.45) is 7.28. The molecule has 0 saturated carbocycles. The Hall–Kier alpha value is -3.70. The molecule has 2 bridgehead atoms. The van der Waals surface area contributed by atoms with Crippen LogP contribution >= 0.6 is 11.3 Å². The maximum absolute atomic E-state index is 12.8. The van der Waals surface area contributed by atoms with Crippen molar-refractivity contribution in [3.05, 3.63) is 47.4 Å². The van der Waals surface area contributed by atoms with Crippen LogP contribution in [0.25, 0.3) is 27.5 Å². The minimum Gasteiger partial charge on any atom is -0.384 e. The lowest BCUT2D eigenvalue weighted by atomic mass is 9.85. The summed E-state index contributed by atoms with van der Waals surface area (Å²) in [5.41, 5.74) is 10.5. The van der Waals surface area contributed by atoms with Crippen LogP contribution in [0.1, 0.15) is 61.5 Å².